The first-order valence-electron chi connectivity index (χ1n) is 7.28. The molecule has 0 atom stereocenters. The van der Waals surface area contributed by atoms with Crippen LogP contribution in [0.15, 0.2) is 45.8 Å². The number of anilines is 1. The molecule has 0 saturated carbocycles. The van der Waals surface area contributed by atoms with Crippen molar-refractivity contribution in [2.45, 2.75) is 31.6 Å². The van der Waals surface area contributed by atoms with Crippen molar-refractivity contribution in [3.8, 4) is 0 Å². The van der Waals surface area contributed by atoms with E-state index in [1.54, 1.807) is 16.4 Å². The Labute approximate surface area is 140 Å². The topological polar surface area (TPSA) is 37.4 Å². The maximum Gasteiger partial charge on any atom is 0.264 e. The van der Waals surface area contributed by atoms with Gasteiger partial charge in [-0.2, -0.15) is 0 Å². The smallest absolute Gasteiger partial charge is 0.264 e. The predicted octanol–water partition coefficient (Wildman–Crippen LogP) is 4.21. The van der Waals surface area contributed by atoms with Crippen LogP contribution >= 0.6 is 15.9 Å². The molecule has 22 heavy (non-hydrogen) atoms. The maximum atomic E-state index is 13.1. The Bertz CT molecular complexity index is 831. The molecule has 1 aliphatic rings. The molecule has 2 aromatic rings. The number of hydrogen-bond acceptors (Lipinski definition) is 2. The number of hydrogen-bond donors (Lipinski definition) is 0. The summed E-state index contributed by atoms with van der Waals surface area (Å²) in [7, 11) is -3.53. The number of benzene rings is 2. The van der Waals surface area contributed by atoms with E-state index in [1.165, 1.54) is 0 Å². The molecule has 0 unspecified atom stereocenters. The van der Waals surface area contributed by atoms with Crippen LogP contribution in [0.25, 0.3) is 0 Å². The summed E-state index contributed by atoms with van der Waals surface area (Å²) in [5.41, 5.74) is 3.74. The zero-order chi connectivity index (χ0) is 15.9. The van der Waals surface area contributed by atoms with Crippen LogP contribution in [0.1, 0.15) is 23.1 Å². The Hall–Kier alpha value is -1.33. The van der Waals surface area contributed by atoms with Gasteiger partial charge in [0.2, 0.25) is 0 Å². The summed E-state index contributed by atoms with van der Waals surface area (Å²) in [6.07, 6.45) is 1.79. The van der Waals surface area contributed by atoms with Crippen LogP contribution < -0.4 is 4.31 Å². The van der Waals surface area contributed by atoms with Gasteiger partial charge >= 0.3 is 0 Å². The lowest BCUT2D eigenvalue weighted by molar-refractivity contribution is 0.585. The van der Waals surface area contributed by atoms with Crippen molar-refractivity contribution in [3.05, 3.63) is 57.6 Å². The number of aryl methyl sites for hydroxylation is 3. The number of halogens is 1. The molecule has 0 bridgehead atoms. The monoisotopic (exact) mass is 379 g/mol. The summed E-state index contributed by atoms with van der Waals surface area (Å²) in [6, 6.07) is 11.3. The summed E-state index contributed by atoms with van der Waals surface area (Å²) in [4.78, 5) is 0.381. The van der Waals surface area contributed by atoms with Crippen molar-refractivity contribution in [3.63, 3.8) is 0 Å². The van der Waals surface area contributed by atoms with Gasteiger partial charge in [0.25, 0.3) is 10.0 Å². The summed E-state index contributed by atoms with van der Waals surface area (Å²) in [5, 5.41) is 0. The second kappa shape index (κ2) is 5.70. The molecular formula is C17H18BrNO2S. The van der Waals surface area contributed by atoms with Gasteiger partial charge in [0.15, 0.2) is 0 Å². The third-order valence-electron chi connectivity index (χ3n) is 4.08. The lowest BCUT2D eigenvalue weighted by Crippen LogP contribution is -2.36. The highest BCUT2D eigenvalue weighted by Gasteiger charge is 2.31. The summed E-state index contributed by atoms with van der Waals surface area (Å²) >= 11 is 3.39. The van der Waals surface area contributed by atoms with Crippen molar-refractivity contribution < 1.29 is 8.42 Å². The molecule has 0 N–H and O–H groups in total. The Morgan fingerprint density at radius 1 is 1.09 bits per heavy atom. The summed E-state index contributed by atoms with van der Waals surface area (Å²) in [6.45, 7) is 4.34. The Morgan fingerprint density at radius 2 is 1.86 bits per heavy atom. The van der Waals surface area contributed by atoms with E-state index in [-0.39, 0.29) is 0 Å². The summed E-state index contributed by atoms with van der Waals surface area (Å²) < 4.78 is 28.8. The van der Waals surface area contributed by atoms with Gasteiger partial charge in [-0.05, 0) is 61.6 Å². The molecule has 0 spiro atoms. The van der Waals surface area contributed by atoms with Crippen molar-refractivity contribution in [1.82, 2.24) is 0 Å². The molecule has 1 heterocycles. The fourth-order valence-electron chi connectivity index (χ4n) is 3.06. The van der Waals surface area contributed by atoms with Gasteiger partial charge in [0.1, 0.15) is 0 Å². The first-order valence-corrected chi connectivity index (χ1v) is 9.52. The van der Waals surface area contributed by atoms with Crippen LogP contribution in [0.5, 0.6) is 0 Å². The highest BCUT2D eigenvalue weighted by atomic mass is 79.9. The number of fused-ring (bicyclic) bond motifs is 1. The number of nitrogens with zero attached hydrogens (tertiary/aromatic N) is 1. The van der Waals surface area contributed by atoms with E-state index in [1.807, 2.05) is 38.1 Å². The molecule has 3 rings (SSSR count). The Morgan fingerprint density at radius 3 is 2.59 bits per heavy atom. The summed E-state index contributed by atoms with van der Waals surface area (Å²) in [5.74, 6) is 0. The largest absolute Gasteiger partial charge is 0.266 e. The van der Waals surface area contributed by atoms with Crippen LogP contribution in [0.2, 0.25) is 0 Å². The van der Waals surface area contributed by atoms with Crippen molar-refractivity contribution in [2.24, 2.45) is 0 Å². The third-order valence-corrected chi connectivity index (χ3v) is 6.54. The standard InChI is InChI=1S/C17H18BrNO2S/c1-12-5-3-6-14-7-4-10-19(17(12)14)22(20,21)16-9-8-15(18)11-13(16)2/h3,5-6,8-9,11H,4,7,10H2,1-2H3. The van der Waals surface area contributed by atoms with E-state index >= 15 is 0 Å². The van der Waals surface area contributed by atoms with E-state index in [0.29, 0.717) is 11.4 Å². The van der Waals surface area contributed by atoms with E-state index < -0.39 is 10.0 Å². The fraction of sp³-hybridized carbons (Fsp3) is 0.294. The molecule has 5 heteroatoms. The average Bonchev–Trinajstić information content (AvgIpc) is 2.46. The molecule has 1 aliphatic heterocycles. The second-order valence-electron chi connectivity index (χ2n) is 5.67. The van der Waals surface area contributed by atoms with Crippen LogP contribution in [0.4, 0.5) is 5.69 Å². The Kier molecular flexibility index (Phi) is 4.03. The second-order valence-corrected chi connectivity index (χ2v) is 8.42. The Balaban J connectivity index is 2.16. The van der Waals surface area contributed by atoms with E-state index in [0.717, 1.165) is 39.7 Å². The van der Waals surface area contributed by atoms with Gasteiger partial charge < -0.3 is 0 Å². The zero-order valence-electron chi connectivity index (χ0n) is 12.6. The van der Waals surface area contributed by atoms with Gasteiger partial charge in [-0.25, -0.2) is 8.42 Å². The lowest BCUT2D eigenvalue weighted by Gasteiger charge is -2.32. The predicted molar refractivity (Wildman–Crippen MR) is 92.9 cm³/mol. The van der Waals surface area contributed by atoms with Gasteiger partial charge in [-0.3, -0.25) is 4.31 Å². The number of rotatable bonds is 2. The van der Waals surface area contributed by atoms with Crippen LogP contribution in [-0.2, 0) is 16.4 Å². The molecule has 0 saturated heterocycles. The lowest BCUT2D eigenvalue weighted by atomic mass is 10.0. The zero-order valence-corrected chi connectivity index (χ0v) is 15.0. The van der Waals surface area contributed by atoms with Gasteiger partial charge in [0, 0.05) is 11.0 Å². The van der Waals surface area contributed by atoms with Crippen molar-refractivity contribution in [1.29, 1.82) is 0 Å². The van der Waals surface area contributed by atoms with E-state index in [9.17, 15) is 8.42 Å². The molecule has 0 fully saturated rings. The molecule has 0 aliphatic carbocycles. The molecule has 3 nitrogen and oxygen atoms in total. The van der Waals surface area contributed by atoms with Gasteiger partial charge in [-0.15, -0.1) is 0 Å². The van der Waals surface area contributed by atoms with Crippen LogP contribution in [0, 0.1) is 13.8 Å². The molecule has 116 valence electrons. The van der Waals surface area contributed by atoms with Crippen molar-refractivity contribution in [2.75, 3.05) is 10.8 Å². The fourth-order valence-corrected chi connectivity index (χ4v) is 5.35. The maximum absolute atomic E-state index is 13.1. The molecular weight excluding hydrogens is 362 g/mol. The molecule has 0 amide bonds. The normalized spacial score (nSPS) is 14.8. The van der Waals surface area contributed by atoms with Crippen LogP contribution in [-0.4, -0.2) is 15.0 Å². The third kappa shape index (κ3) is 2.57. The minimum atomic E-state index is -3.53. The van der Waals surface area contributed by atoms with Gasteiger partial charge in [-0.1, -0.05) is 34.1 Å². The molecule has 2 aromatic carbocycles. The first-order chi connectivity index (χ1) is 10.4. The average molecular weight is 380 g/mol. The SMILES string of the molecule is Cc1cc(Br)ccc1S(=O)(=O)N1CCCc2cccc(C)c21. The minimum Gasteiger partial charge on any atom is -0.266 e. The first kappa shape index (κ1) is 15.6. The molecule has 0 radical (unpaired) electrons. The van der Waals surface area contributed by atoms with Crippen molar-refractivity contribution >= 4 is 31.6 Å². The number of sulfonamides is 1. The van der Waals surface area contributed by atoms with Gasteiger partial charge in [0.05, 0.1) is 10.6 Å². The number of para-hydroxylation sites is 1. The minimum absolute atomic E-state index is 0.381. The highest BCUT2D eigenvalue weighted by Crippen LogP contribution is 2.35. The quantitative estimate of drug-likeness (QED) is 0.783. The van der Waals surface area contributed by atoms with Crippen LogP contribution in [0.3, 0.4) is 0 Å². The van der Waals surface area contributed by atoms with E-state index in [2.05, 4.69) is 15.9 Å². The van der Waals surface area contributed by atoms with E-state index in [4.69, 9.17) is 0 Å². The molecule has 0 aromatic heterocycles. The highest BCUT2D eigenvalue weighted by molar-refractivity contribution is 9.10.